The number of hydrogen-bond donors (Lipinski definition) is 3. The first-order valence-corrected chi connectivity index (χ1v) is 11.1. The fourth-order valence-corrected chi connectivity index (χ4v) is 2.97. The lowest BCUT2D eigenvalue weighted by Gasteiger charge is -2.18. The summed E-state index contributed by atoms with van der Waals surface area (Å²) >= 11 is 5.97. The molecule has 0 saturated heterocycles. The summed E-state index contributed by atoms with van der Waals surface area (Å²) in [5.41, 5.74) is 1.18. The maximum Gasteiger partial charge on any atom is 0.414 e. The zero-order valence-electron chi connectivity index (χ0n) is 19.0. The third-order valence-corrected chi connectivity index (χ3v) is 4.55. The molecule has 1 atom stereocenters. The Bertz CT molecular complexity index is 818. The minimum Gasteiger partial charge on any atom is -0.490 e. The maximum absolute atomic E-state index is 9.10. The first-order valence-electron chi connectivity index (χ1n) is 10.8. The lowest BCUT2D eigenvalue weighted by molar-refractivity contribution is -0.159. The van der Waals surface area contributed by atoms with E-state index in [9.17, 15) is 0 Å². The number of carboxylic acid groups (broad SMARTS) is 2. The summed E-state index contributed by atoms with van der Waals surface area (Å²) in [4.78, 5) is 18.2. The van der Waals surface area contributed by atoms with Gasteiger partial charge in [-0.1, -0.05) is 35.9 Å². The first-order chi connectivity index (χ1) is 15.9. The smallest absolute Gasteiger partial charge is 0.414 e. The zero-order chi connectivity index (χ0) is 24.5. The van der Waals surface area contributed by atoms with Crippen LogP contribution in [0.25, 0.3) is 0 Å². The van der Waals surface area contributed by atoms with Crippen LogP contribution in [0.3, 0.4) is 0 Å². The highest BCUT2D eigenvalue weighted by molar-refractivity contribution is 6.30. The Hall–Kier alpha value is -2.81. The van der Waals surface area contributed by atoms with Crippen LogP contribution in [0, 0.1) is 0 Å². The number of nitrogens with one attached hydrogen (secondary N) is 1. The highest BCUT2D eigenvalue weighted by Crippen LogP contribution is 2.26. The number of ether oxygens (including phenoxy) is 3. The molecule has 182 valence electrons. The molecule has 0 spiro atoms. The number of hydrogen-bond acceptors (Lipinski definition) is 6. The van der Waals surface area contributed by atoms with Gasteiger partial charge in [-0.15, -0.1) is 0 Å². The Morgan fingerprint density at radius 3 is 2.06 bits per heavy atom. The van der Waals surface area contributed by atoms with Gasteiger partial charge >= 0.3 is 11.9 Å². The van der Waals surface area contributed by atoms with Crippen LogP contribution in [-0.2, 0) is 14.3 Å². The van der Waals surface area contributed by atoms with Crippen molar-refractivity contribution in [1.29, 1.82) is 0 Å². The largest absolute Gasteiger partial charge is 0.490 e. The van der Waals surface area contributed by atoms with Crippen molar-refractivity contribution in [3.8, 4) is 11.5 Å². The van der Waals surface area contributed by atoms with E-state index in [4.69, 9.17) is 45.6 Å². The monoisotopic (exact) mass is 481 g/mol. The van der Waals surface area contributed by atoms with E-state index in [2.05, 4.69) is 5.32 Å². The van der Waals surface area contributed by atoms with Gasteiger partial charge in [-0.3, -0.25) is 0 Å². The number of rotatable bonds is 13. The zero-order valence-corrected chi connectivity index (χ0v) is 19.7. The predicted octanol–water partition coefficient (Wildman–Crippen LogP) is 4.42. The lowest BCUT2D eigenvalue weighted by atomic mass is 10.0. The molecule has 2 rings (SSSR count). The Kier molecular flexibility index (Phi) is 14.3. The van der Waals surface area contributed by atoms with Crippen LogP contribution >= 0.6 is 11.6 Å². The fourth-order valence-electron chi connectivity index (χ4n) is 2.84. The molecule has 0 saturated carbocycles. The van der Waals surface area contributed by atoms with Gasteiger partial charge in [0, 0.05) is 18.2 Å². The van der Waals surface area contributed by atoms with Crippen LogP contribution in [0.15, 0.2) is 48.5 Å². The number of benzene rings is 2. The topological polar surface area (TPSA) is 114 Å². The van der Waals surface area contributed by atoms with E-state index < -0.39 is 11.9 Å². The standard InChI is InChI=1S/C22H30ClNO3.C2H2O4/c1-3-25-20(18-11-13-19(23)14-12-18)10-7-15-24-16-17-27-22-9-6-5-8-21(22)26-4-2;3-1(4)2(5)6/h5-6,8-9,11-14,20,24H,3-4,7,10,15-17H2,1-2H3;(H,3,4)(H,5,6). The lowest BCUT2D eigenvalue weighted by Crippen LogP contribution is -2.22. The average Bonchev–Trinajstić information content (AvgIpc) is 2.80. The third kappa shape index (κ3) is 12.1. The molecule has 1 unspecified atom stereocenters. The summed E-state index contributed by atoms with van der Waals surface area (Å²) in [6, 6.07) is 15.7. The van der Waals surface area contributed by atoms with E-state index in [1.54, 1.807) is 0 Å². The molecule has 0 heterocycles. The minimum atomic E-state index is -1.82. The summed E-state index contributed by atoms with van der Waals surface area (Å²) in [5, 5.41) is 19.0. The molecule has 0 amide bonds. The predicted molar refractivity (Wildman–Crippen MR) is 126 cm³/mol. The van der Waals surface area contributed by atoms with E-state index in [1.807, 2.05) is 62.4 Å². The molecule has 9 heteroatoms. The number of carbonyl (C=O) groups is 2. The van der Waals surface area contributed by atoms with Crippen LogP contribution in [0.5, 0.6) is 11.5 Å². The van der Waals surface area contributed by atoms with Crippen LogP contribution in [0.1, 0.15) is 38.4 Å². The number of carboxylic acids is 2. The van der Waals surface area contributed by atoms with Gasteiger partial charge in [-0.25, -0.2) is 9.59 Å². The first kappa shape index (κ1) is 28.2. The van der Waals surface area contributed by atoms with Gasteiger partial charge in [-0.2, -0.15) is 0 Å². The molecule has 0 aliphatic rings. The van der Waals surface area contributed by atoms with Gasteiger partial charge in [0.2, 0.25) is 0 Å². The molecule has 8 nitrogen and oxygen atoms in total. The molecule has 0 aliphatic carbocycles. The Morgan fingerprint density at radius 1 is 0.909 bits per heavy atom. The van der Waals surface area contributed by atoms with Crippen molar-refractivity contribution in [2.75, 3.05) is 32.9 Å². The van der Waals surface area contributed by atoms with E-state index in [1.165, 1.54) is 5.56 Å². The summed E-state index contributed by atoms with van der Waals surface area (Å²) in [7, 11) is 0. The molecule has 3 N–H and O–H groups in total. The van der Waals surface area contributed by atoms with Crippen molar-refractivity contribution >= 4 is 23.5 Å². The Morgan fingerprint density at radius 2 is 1.52 bits per heavy atom. The number of para-hydroxylation sites is 2. The second-order valence-electron chi connectivity index (χ2n) is 6.73. The molecule has 0 bridgehead atoms. The molecule has 2 aromatic carbocycles. The van der Waals surface area contributed by atoms with Crippen molar-refractivity contribution in [3.63, 3.8) is 0 Å². The summed E-state index contributed by atoms with van der Waals surface area (Å²) in [6.45, 7) is 7.65. The molecular weight excluding hydrogens is 450 g/mol. The maximum atomic E-state index is 9.10. The fraction of sp³-hybridized carbons (Fsp3) is 0.417. The van der Waals surface area contributed by atoms with Gasteiger partial charge in [0.15, 0.2) is 11.5 Å². The van der Waals surface area contributed by atoms with E-state index in [0.29, 0.717) is 19.8 Å². The van der Waals surface area contributed by atoms with Crippen LogP contribution < -0.4 is 14.8 Å². The number of halogens is 1. The molecule has 33 heavy (non-hydrogen) atoms. The SMILES string of the molecule is CCOc1ccccc1OCCNCCCC(OCC)c1ccc(Cl)cc1.O=C(O)C(=O)O. The van der Waals surface area contributed by atoms with Gasteiger partial charge in [0.1, 0.15) is 6.61 Å². The van der Waals surface area contributed by atoms with Crippen LogP contribution in [-0.4, -0.2) is 55.1 Å². The van der Waals surface area contributed by atoms with Crippen LogP contribution in [0.4, 0.5) is 0 Å². The molecule has 0 aromatic heterocycles. The second-order valence-corrected chi connectivity index (χ2v) is 7.16. The second kappa shape index (κ2) is 16.8. The van der Waals surface area contributed by atoms with Gasteiger partial charge in [0.25, 0.3) is 0 Å². The Balaban J connectivity index is 0.000000801. The molecular formula is C24H32ClNO7. The normalized spacial score (nSPS) is 11.1. The van der Waals surface area contributed by atoms with Gasteiger partial charge in [-0.05, 0) is 63.1 Å². The highest BCUT2D eigenvalue weighted by Gasteiger charge is 2.11. The van der Waals surface area contributed by atoms with E-state index in [-0.39, 0.29) is 6.10 Å². The summed E-state index contributed by atoms with van der Waals surface area (Å²) in [6.07, 6.45) is 2.11. The van der Waals surface area contributed by atoms with Crippen molar-refractivity contribution < 1.29 is 34.0 Å². The van der Waals surface area contributed by atoms with Gasteiger partial charge in [0.05, 0.1) is 12.7 Å². The molecule has 0 fully saturated rings. The quantitative estimate of drug-likeness (QED) is 0.284. The highest BCUT2D eigenvalue weighted by atomic mass is 35.5. The Labute approximate surface area is 199 Å². The summed E-state index contributed by atoms with van der Waals surface area (Å²) < 4.78 is 17.3. The van der Waals surface area contributed by atoms with E-state index in [0.717, 1.165) is 42.5 Å². The van der Waals surface area contributed by atoms with Crippen molar-refractivity contribution in [1.82, 2.24) is 5.32 Å². The molecule has 0 aliphatic heterocycles. The number of aliphatic carboxylic acids is 2. The van der Waals surface area contributed by atoms with Gasteiger partial charge < -0.3 is 29.7 Å². The average molecular weight is 482 g/mol. The van der Waals surface area contributed by atoms with Crippen molar-refractivity contribution in [2.24, 2.45) is 0 Å². The molecule has 0 radical (unpaired) electrons. The summed E-state index contributed by atoms with van der Waals surface area (Å²) in [5.74, 6) is -2.06. The van der Waals surface area contributed by atoms with Crippen molar-refractivity contribution in [2.45, 2.75) is 32.8 Å². The van der Waals surface area contributed by atoms with Crippen molar-refractivity contribution in [3.05, 3.63) is 59.1 Å². The minimum absolute atomic E-state index is 0.114. The molecule has 2 aromatic rings. The van der Waals surface area contributed by atoms with Crippen LogP contribution in [0.2, 0.25) is 5.02 Å². The van der Waals surface area contributed by atoms with E-state index >= 15 is 0 Å². The third-order valence-electron chi connectivity index (χ3n) is 4.30.